The minimum absolute atomic E-state index is 0.0257. The van der Waals surface area contributed by atoms with Gasteiger partial charge in [0, 0.05) is 31.4 Å². The lowest BCUT2D eigenvalue weighted by Gasteiger charge is -2.22. The molecule has 0 aromatic carbocycles. The number of hydrogen-bond donors (Lipinski definition) is 1. The summed E-state index contributed by atoms with van der Waals surface area (Å²) in [5.74, 6) is -1.73. The highest BCUT2D eigenvalue weighted by molar-refractivity contribution is 5.96. The van der Waals surface area contributed by atoms with Gasteiger partial charge >= 0.3 is 6.18 Å². The van der Waals surface area contributed by atoms with Gasteiger partial charge in [-0.2, -0.15) is 18.3 Å². The van der Waals surface area contributed by atoms with E-state index in [0.717, 1.165) is 0 Å². The highest BCUT2D eigenvalue weighted by Gasteiger charge is 2.46. The Labute approximate surface area is 192 Å². The monoisotopic (exact) mass is 479 g/mol. The van der Waals surface area contributed by atoms with Crippen LogP contribution in [-0.2, 0) is 42.2 Å². The maximum Gasteiger partial charge on any atom is 0.420 e. The number of fused-ring (bicyclic) bond motifs is 3. The number of carbonyl (C=O) groups excluding carboxylic acids is 1. The first-order valence-corrected chi connectivity index (χ1v) is 11.0. The van der Waals surface area contributed by atoms with Crippen LogP contribution in [0.5, 0.6) is 0 Å². The average molecular weight is 479 g/mol. The largest absolute Gasteiger partial charge is 0.455 e. The van der Waals surface area contributed by atoms with Gasteiger partial charge in [-0.3, -0.25) is 9.48 Å². The van der Waals surface area contributed by atoms with Crippen molar-refractivity contribution in [2.75, 3.05) is 19.8 Å². The standard InChI is InChI=1S/C22H24F3N5O4/c1-12-5-16-17(19-15(12)9-30(28-19)8-14-10-32-3-4-33-14)18(22(23,24)25)20(34-16)21(31)26-6-13-7-29(2)11-27-13/h7,9,11-12,14H,3-6,8,10H2,1-2H3,(H,26,31)/t12-,14-/m0/s1. The Bertz CT molecular complexity index is 1210. The summed E-state index contributed by atoms with van der Waals surface area (Å²) in [6.45, 7) is 3.59. The normalized spacial score (nSPS) is 20.1. The molecule has 5 rings (SSSR count). The Hall–Kier alpha value is -3.12. The van der Waals surface area contributed by atoms with E-state index in [4.69, 9.17) is 13.9 Å². The fraction of sp³-hybridized carbons (Fsp3) is 0.500. The van der Waals surface area contributed by atoms with Crippen molar-refractivity contribution < 1.29 is 31.9 Å². The number of imidazole rings is 1. The minimum atomic E-state index is -4.81. The molecule has 2 atom stereocenters. The summed E-state index contributed by atoms with van der Waals surface area (Å²) in [5, 5.41) is 6.94. The van der Waals surface area contributed by atoms with E-state index in [0.29, 0.717) is 37.6 Å². The van der Waals surface area contributed by atoms with E-state index in [-0.39, 0.29) is 42.0 Å². The third kappa shape index (κ3) is 4.23. The van der Waals surface area contributed by atoms with E-state index in [1.165, 1.54) is 6.33 Å². The molecule has 182 valence electrons. The second kappa shape index (κ2) is 8.58. The molecule has 1 N–H and O–H groups in total. The number of nitrogens with zero attached hydrogens (tertiary/aromatic N) is 4. The van der Waals surface area contributed by atoms with Crippen LogP contribution in [0.1, 0.15) is 46.0 Å². The molecule has 34 heavy (non-hydrogen) atoms. The van der Waals surface area contributed by atoms with Gasteiger partial charge in [0.15, 0.2) is 0 Å². The highest BCUT2D eigenvalue weighted by atomic mass is 19.4. The zero-order valence-corrected chi connectivity index (χ0v) is 18.7. The van der Waals surface area contributed by atoms with E-state index >= 15 is 0 Å². The predicted molar refractivity (Wildman–Crippen MR) is 112 cm³/mol. The van der Waals surface area contributed by atoms with E-state index in [9.17, 15) is 18.0 Å². The molecule has 3 aromatic heterocycles. The van der Waals surface area contributed by atoms with Crippen molar-refractivity contribution in [1.82, 2.24) is 24.6 Å². The summed E-state index contributed by atoms with van der Waals surface area (Å²) in [6, 6.07) is 0. The minimum Gasteiger partial charge on any atom is -0.455 e. The van der Waals surface area contributed by atoms with Crippen LogP contribution in [-0.4, -0.2) is 51.2 Å². The smallest absolute Gasteiger partial charge is 0.420 e. The Morgan fingerprint density at radius 3 is 2.79 bits per heavy atom. The quantitative estimate of drug-likeness (QED) is 0.605. The molecule has 4 heterocycles. The topological polar surface area (TPSA) is 96.3 Å². The maximum absolute atomic E-state index is 14.2. The lowest BCUT2D eigenvalue weighted by molar-refractivity contribution is -0.137. The molecule has 0 radical (unpaired) electrons. The van der Waals surface area contributed by atoms with Gasteiger partial charge in [0.05, 0.1) is 56.2 Å². The van der Waals surface area contributed by atoms with Crippen molar-refractivity contribution in [3.05, 3.63) is 47.1 Å². The van der Waals surface area contributed by atoms with Crippen LogP contribution in [0.15, 0.2) is 23.1 Å². The number of hydrogen-bond acceptors (Lipinski definition) is 6. The Balaban J connectivity index is 1.49. The molecule has 0 spiro atoms. The SMILES string of the molecule is C[C@H]1Cc2oc(C(=O)NCc3cn(C)cn3)c(C(F)(F)F)c2-c2nn(C[C@H]3COCCO3)cc21. The molecule has 2 aliphatic rings. The molecule has 1 amide bonds. The van der Waals surface area contributed by atoms with Gasteiger partial charge < -0.3 is 23.8 Å². The number of aryl methyl sites for hydroxylation is 1. The fourth-order valence-electron chi connectivity index (χ4n) is 4.44. The first kappa shape index (κ1) is 22.7. The second-order valence-corrected chi connectivity index (χ2v) is 8.64. The first-order chi connectivity index (χ1) is 16.2. The summed E-state index contributed by atoms with van der Waals surface area (Å²) >= 11 is 0. The summed E-state index contributed by atoms with van der Waals surface area (Å²) in [5.41, 5.74) is 0.116. The average Bonchev–Trinajstić information content (AvgIpc) is 3.49. The van der Waals surface area contributed by atoms with E-state index in [1.807, 2.05) is 6.92 Å². The number of nitrogens with one attached hydrogen (secondary N) is 1. The van der Waals surface area contributed by atoms with Crippen LogP contribution in [0.2, 0.25) is 0 Å². The number of furan rings is 1. The molecular weight excluding hydrogens is 455 g/mol. The summed E-state index contributed by atoms with van der Waals surface area (Å²) in [4.78, 5) is 16.8. The van der Waals surface area contributed by atoms with Crippen molar-refractivity contribution in [2.24, 2.45) is 7.05 Å². The zero-order chi connectivity index (χ0) is 24.0. The van der Waals surface area contributed by atoms with Crippen LogP contribution in [0.4, 0.5) is 13.2 Å². The van der Waals surface area contributed by atoms with Gasteiger partial charge in [0.25, 0.3) is 5.91 Å². The van der Waals surface area contributed by atoms with E-state index < -0.39 is 23.4 Å². The highest BCUT2D eigenvalue weighted by Crippen LogP contribution is 2.48. The van der Waals surface area contributed by atoms with Crippen LogP contribution in [0, 0.1) is 0 Å². The van der Waals surface area contributed by atoms with Crippen LogP contribution < -0.4 is 5.32 Å². The molecule has 1 aliphatic heterocycles. The van der Waals surface area contributed by atoms with Gasteiger partial charge in [-0.1, -0.05) is 6.92 Å². The molecular formula is C22H24F3N5O4. The Morgan fingerprint density at radius 2 is 2.12 bits per heavy atom. The second-order valence-electron chi connectivity index (χ2n) is 8.64. The van der Waals surface area contributed by atoms with Crippen molar-refractivity contribution in [3.63, 3.8) is 0 Å². The number of carbonyl (C=O) groups is 1. The summed E-state index contributed by atoms with van der Waals surface area (Å²) in [7, 11) is 1.76. The number of alkyl halides is 3. The molecule has 0 bridgehead atoms. The van der Waals surface area contributed by atoms with Crippen molar-refractivity contribution in [2.45, 2.75) is 44.6 Å². The maximum atomic E-state index is 14.2. The third-order valence-corrected chi connectivity index (χ3v) is 5.98. The molecule has 12 heteroatoms. The number of amides is 1. The summed E-state index contributed by atoms with van der Waals surface area (Å²) < 4.78 is 62.6. The Kier molecular flexibility index (Phi) is 5.72. The van der Waals surface area contributed by atoms with E-state index in [1.54, 1.807) is 28.7 Å². The molecule has 1 saturated heterocycles. The zero-order valence-electron chi connectivity index (χ0n) is 18.7. The molecule has 1 fully saturated rings. The Morgan fingerprint density at radius 1 is 1.29 bits per heavy atom. The fourth-order valence-corrected chi connectivity index (χ4v) is 4.44. The summed E-state index contributed by atoms with van der Waals surface area (Å²) in [6.07, 6.45) is 0.140. The number of halogens is 3. The van der Waals surface area contributed by atoms with Crippen LogP contribution in [0.3, 0.4) is 0 Å². The third-order valence-electron chi connectivity index (χ3n) is 5.98. The molecule has 0 unspecified atom stereocenters. The van der Waals surface area contributed by atoms with Crippen molar-refractivity contribution in [1.29, 1.82) is 0 Å². The van der Waals surface area contributed by atoms with Crippen molar-refractivity contribution in [3.8, 4) is 11.3 Å². The van der Waals surface area contributed by atoms with Gasteiger partial charge in [0.2, 0.25) is 5.76 Å². The number of ether oxygens (including phenoxy) is 2. The predicted octanol–water partition coefficient (Wildman–Crippen LogP) is 2.90. The van der Waals surface area contributed by atoms with Crippen molar-refractivity contribution >= 4 is 5.91 Å². The molecule has 9 nitrogen and oxygen atoms in total. The van der Waals surface area contributed by atoms with Gasteiger partial charge in [-0.15, -0.1) is 0 Å². The number of aromatic nitrogens is 4. The number of rotatable bonds is 5. The first-order valence-electron chi connectivity index (χ1n) is 11.0. The lowest BCUT2D eigenvalue weighted by atomic mass is 9.86. The molecule has 1 aliphatic carbocycles. The van der Waals surface area contributed by atoms with Crippen LogP contribution in [0.25, 0.3) is 11.3 Å². The molecule has 3 aromatic rings. The van der Waals surface area contributed by atoms with Gasteiger partial charge in [0.1, 0.15) is 17.4 Å². The van der Waals surface area contributed by atoms with Crippen LogP contribution >= 0.6 is 0 Å². The van der Waals surface area contributed by atoms with Gasteiger partial charge in [-0.25, -0.2) is 4.98 Å². The lowest BCUT2D eigenvalue weighted by Crippen LogP contribution is -2.32. The molecule has 0 saturated carbocycles. The van der Waals surface area contributed by atoms with Gasteiger partial charge in [-0.05, 0) is 5.92 Å². The van der Waals surface area contributed by atoms with E-state index in [2.05, 4.69) is 15.4 Å².